The van der Waals surface area contributed by atoms with Gasteiger partial charge in [0.15, 0.2) is 17.3 Å². The summed E-state index contributed by atoms with van der Waals surface area (Å²) >= 11 is 0. The van der Waals surface area contributed by atoms with E-state index >= 15 is 0 Å². The number of hydrogen-bond donors (Lipinski definition) is 2. The Kier molecular flexibility index (Phi) is 3.79. The number of rotatable bonds is 3. The third-order valence-electron chi connectivity index (χ3n) is 4.52. The lowest BCUT2D eigenvalue weighted by molar-refractivity contribution is -0.116. The molecule has 0 spiro atoms. The molecule has 1 aromatic carbocycles. The van der Waals surface area contributed by atoms with Gasteiger partial charge in [0.1, 0.15) is 0 Å². The van der Waals surface area contributed by atoms with Crippen LogP contribution in [-0.2, 0) is 4.79 Å². The molecule has 2 N–H and O–H groups in total. The zero-order chi connectivity index (χ0) is 17.4. The molecular weight excluding hydrogens is 324 g/mol. The Hall–Kier alpha value is -3.03. The number of ketones is 1. The summed E-state index contributed by atoms with van der Waals surface area (Å²) in [6.45, 7) is 0. The molecule has 1 aromatic heterocycles. The van der Waals surface area contributed by atoms with Gasteiger partial charge in [0.25, 0.3) is 0 Å². The summed E-state index contributed by atoms with van der Waals surface area (Å²) < 4.78 is 15.5. The molecule has 1 atom stereocenters. The lowest BCUT2D eigenvalue weighted by atomic mass is 9.86. The summed E-state index contributed by atoms with van der Waals surface area (Å²) in [4.78, 5) is 12.7. The van der Waals surface area contributed by atoms with Crippen LogP contribution in [-0.4, -0.2) is 30.3 Å². The molecule has 0 radical (unpaired) electrons. The fourth-order valence-electron chi connectivity index (χ4n) is 3.33. The SMILES string of the molecule is COc1ccc(C2Nc3nonc3NC3=C2C(=O)CCC3)cc1OC. The second-order valence-corrected chi connectivity index (χ2v) is 5.95. The van der Waals surface area contributed by atoms with E-state index in [1.807, 2.05) is 18.2 Å². The summed E-state index contributed by atoms with van der Waals surface area (Å²) in [5, 5.41) is 14.2. The van der Waals surface area contributed by atoms with Crippen molar-refractivity contribution in [3.05, 3.63) is 35.0 Å². The molecule has 2 heterocycles. The number of nitrogens with one attached hydrogen (secondary N) is 2. The molecule has 1 unspecified atom stereocenters. The minimum atomic E-state index is -0.372. The van der Waals surface area contributed by atoms with Gasteiger partial charge in [0.05, 0.1) is 20.3 Å². The number of hydrogen-bond acceptors (Lipinski definition) is 8. The van der Waals surface area contributed by atoms with Crippen LogP contribution in [0.5, 0.6) is 11.5 Å². The first-order valence-corrected chi connectivity index (χ1v) is 8.05. The average molecular weight is 342 g/mol. The Morgan fingerprint density at radius 2 is 1.92 bits per heavy atom. The van der Waals surface area contributed by atoms with E-state index < -0.39 is 0 Å². The predicted molar refractivity (Wildman–Crippen MR) is 89.7 cm³/mol. The number of benzene rings is 1. The summed E-state index contributed by atoms with van der Waals surface area (Å²) in [5.41, 5.74) is 2.44. The summed E-state index contributed by atoms with van der Waals surface area (Å²) in [5.74, 6) is 2.31. The summed E-state index contributed by atoms with van der Waals surface area (Å²) in [7, 11) is 3.17. The van der Waals surface area contributed by atoms with Crippen LogP contribution in [0, 0.1) is 0 Å². The van der Waals surface area contributed by atoms with Gasteiger partial charge in [0.2, 0.25) is 11.6 Å². The Morgan fingerprint density at radius 3 is 2.72 bits per heavy atom. The Morgan fingerprint density at radius 1 is 1.12 bits per heavy atom. The van der Waals surface area contributed by atoms with Crippen molar-refractivity contribution in [3.63, 3.8) is 0 Å². The first kappa shape index (κ1) is 15.5. The van der Waals surface area contributed by atoms with E-state index in [9.17, 15) is 4.79 Å². The van der Waals surface area contributed by atoms with Crippen molar-refractivity contribution in [2.45, 2.75) is 25.3 Å². The predicted octanol–water partition coefficient (Wildman–Crippen LogP) is 2.67. The molecule has 0 saturated carbocycles. The molecule has 2 aromatic rings. The van der Waals surface area contributed by atoms with Crippen LogP contribution in [0.1, 0.15) is 30.9 Å². The van der Waals surface area contributed by atoms with Crippen LogP contribution in [0.4, 0.5) is 11.6 Å². The number of aromatic nitrogens is 2. The minimum Gasteiger partial charge on any atom is -0.493 e. The molecule has 2 aliphatic rings. The molecule has 0 bridgehead atoms. The number of nitrogens with zero attached hydrogens (tertiary/aromatic N) is 2. The molecule has 130 valence electrons. The Labute approximate surface area is 144 Å². The van der Waals surface area contributed by atoms with E-state index in [2.05, 4.69) is 20.9 Å². The lowest BCUT2D eigenvalue weighted by Gasteiger charge is -2.25. The van der Waals surface area contributed by atoms with Crippen molar-refractivity contribution in [2.75, 3.05) is 24.9 Å². The summed E-state index contributed by atoms with van der Waals surface area (Å²) in [6, 6.07) is 5.22. The van der Waals surface area contributed by atoms with Crippen LogP contribution in [0.2, 0.25) is 0 Å². The third-order valence-corrected chi connectivity index (χ3v) is 4.52. The Balaban J connectivity index is 1.84. The van der Waals surface area contributed by atoms with E-state index in [1.165, 1.54) is 0 Å². The first-order chi connectivity index (χ1) is 12.2. The van der Waals surface area contributed by atoms with Gasteiger partial charge in [0, 0.05) is 17.7 Å². The van der Waals surface area contributed by atoms with Crippen molar-refractivity contribution >= 4 is 17.4 Å². The van der Waals surface area contributed by atoms with Gasteiger partial charge in [-0.25, -0.2) is 4.63 Å². The average Bonchev–Trinajstić information content (AvgIpc) is 3.00. The second kappa shape index (κ2) is 6.12. The number of ether oxygens (including phenoxy) is 2. The second-order valence-electron chi connectivity index (χ2n) is 5.95. The molecule has 4 rings (SSSR count). The standard InChI is InChI=1S/C17H18N4O4/c1-23-12-7-6-9(8-13(12)24-2)15-14-10(4-3-5-11(14)22)18-16-17(19-15)21-25-20-16/h6-8,15H,3-5H2,1-2H3,(H,18,20)(H,19,21). The zero-order valence-electron chi connectivity index (χ0n) is 14.0. The number of anilines is 2. The molecule has 8 heteroatoms. The fraction of sp³-hybridized carbons (Fsp3) is 0.353. The monoisotopic (exact) mass is 342 g/mol. The smallest absolute Gasteiger partial charge is 0.219 e. The highest BCUT2D eigenvalue weighted by Gasteiger charge is 2.34. The summed E-state index contributed by atoms with van der Waals surface area (Å²) in [6.07, 6.45) is 2.12. The van der Waals surface area contributed by atoms with Crippen LogP contribution in [0.3, 0.4) is 0 Å². The number of carbonyl (C=O) groups is 1. The first-order valence-electron chi connectivity index (χ1n) is 8.05. The Bertz CT molecular complexity index is 858. The topological polar surface area (TPSA) is 98.5 Å². The molecule has 25 heavy (non-hydrogen) atoms. The quantitative estimate of drug-likeness (QED) is 0.878. The molecular formula is C17H18N4O4. The van der Waals surface area contributed by atoms with E-state index in [0.29, 0.717) is 35.1 Å². The highest BCUT2D eigenvalue weighted by Crippen LogP contribution is 2.41. The van der Waals surface area contributed by atoms with Gasteiger partial charge in [-0.15, -0.1) is 0 Å². The van der Waals surface area contributed by atoms with Crippen LogP contribution >= 0.6 is 0 Å². The highest BCUT2D eigenvalue weighted by molar-refractivity contribution is 6.00. The van der Waals surface area contributed by atoms with Crippen LogP contribution in [0.25, 0.3) is 0 Å². The van der Waals surface area contributed by atoms with E-state index in [1.54, 1.807) is 14.2 Å². The molecule has 8 nitrogen and oxygen atoms in total. The molecule has 1 aliphatic heterocycles. The van der Waals surface area contributed by atoms with Crippen molar-refractivity contribution in [2.24, 2.45) is 0 Å². The normalized spacial score (nSPS) is 19.3. The zero-order valence-corrected chi connectivity index (χ0v) is 14.0. The lowest BCUT2D eigenvalue weighted by Crippen LogP contribution is -2.23. The van der Waals surface area contributed by atoms with E-state index in [-0.39, 0.29) is 11.8 Å². The van der Waals surface area contributed by atoms with Crippen LogP contribution in [0.15, 0.2) is 34.1 Å². The largest absolute Gasteiger partial charge is 0.493 e. The van der Waals surface area contributed by atoms with Gasteiger partial charge in [-0.3, -0.25) is 4.79 Å². The number of Topliss-reactive ketones (excluding diaryl/α,β-unsaturated/α-hetero) is 1. The van der Waals surface area contributed by atoms with Crippen molar-refractivity contribution < 1.29 is 18.9 Å². The van der Waals surface area contributed by atoms with Gasteiger partial charge in [-0.05, 0) is 40.9 Å². The van der Waals surface area contributed by atoms with E-state index in [4.69, 9.17) is 14.1 Å². The maximum Gasteiger partial charge on any atom is 0.219 e. The van der Waals surface area contributed by atoms with Gasteiger partial charge >= 0.3 is 0 Å². The molecule has 1 aliphatic carbocycles. The molecule has 0 saturated heterocycles. The fourth-order valence-corrected chi connectivity index (χ4v) is 3.33. The number of carbonyl (C=O) groups excluding carboxylic acids is 1. The van der Waals surface area contributed by atoms with Gasteiger partial charge in [-0.1, -0.05) is 6.07 Å². The molecule has 0 fully saturated rings. The van der Waals surface area contributed by atoms with Crippen molar-refractivity contribution in [3.8, 4) is 11.5 Å². The maximum atomic E-state index is 12.7. The molecule has 0 amide bonds. The van der Waals surface area contributed by atoms with Crippen molar-refractivity contribution in [1.82, 2.24) is 10.3 Å². The highest BCUT2D eigenvalue weighted by atomic mass is 16.6. The van der Waals surface area contributed by atoms with Gasteiger partial charge < -0.3 is 20.1 Å². The van der Waals surface area contributed by atoms with Gasteiger partial charge in [-0.2, -0.15) is 0 Å². The number of methoxy groups -OCH3 is 2. The maximum absolute atomic E-state index is 12.7. The number of fused-ring (bicyclic) bond motifs is 1. The van der Waals surface area contributed by atoms with Crippen LogP contribution < -0.4 is 20.1 Å². The number of allylic oxidation sites excluding steroid dienone is 1. The third kappa shape index (κ3) is 2.59. The van der Waals surface area contributed by atoms with Crippen molar-refractivity contribution in [1.29, 1.82) is 0 Å². The minimum absolute atomic E-state index is 0.114. The van der Waals surface area contributed by atoms with E-state index in [0.717, 1.165) is 24.1 Å².